The Morgan fingerprint density at radius 3 is 2.32 bits per heavy atom. The van der Waals surface area contributed by atoms with E-state index in [4.69, 9.17) is 0 Å². The smallest absolute Gasteiger partial charge is 0.264 e. The Labute approximate surface area is 183 Å². The molecular weight excluding hydrogens is 417 g/mol. The number of nitrogens with one attached hydrogen (secondary N) is 2. The topological polar surface area (TPSA) is 78.5 Å². The van der Waals surface area contributed by atoms with Gasteiger partial charge in [0.15, 0.2) is 0 Å². The van der Waals surface area contributed by atoms with E-state index in [1.807, 2.05) is 19.1 Å². The predicted octanol–water partition coefficient (Wildman–Crippen LogP) is 3.59. The van der Waals surface area contributed by atoms with E-state index in [2.05, 4.69) is 10.6 Å². The minimum atomic E-state index is -0.467. The summed E-state index contributed by atoms with van der Waals surface area (Å²) in [5.74, 6) is -1.52. The first kappa shape index (κ1) is 22.2. The highest BCUT2D eigenvalue weighted by Crippen LogP contribution is 2.15. The Hall–Kier alpha value is -3.52. The Balaban J connectivity index is 1.59. The molecule has 160 valence electrons. The molecule has 0 aliphatic heterocycles. The number of carbonyl (C=O) groups excluding carboxylic acids is 3. The normalized spacial score (nSPS) is 10.4. The van der Waals surface area contributed by atoms with Gasteiger partial charge in [0.2, 0.25) is 11.8 Å². The molecule has 0 aliphatic carbocycles. The average Bonchev–Trinajstić information content (AvgIpc) is 3.29. The molecule has 0 saturated heterocycles. The van der Waals surface area contributed by atoms with Crippen LogP contribution in [0.25, 0.3) is 0 Å². The summed E-state index contributed by atoms with van der Waals surface area (Å²) >= 11 is 1.27. The molecule has 6 nitrogen and oxygen atoms in total. The number of halogens is 1. The van der Waals surface area contributed by atoms with Gasteiger partial charge in [0.25, 0.3) is 5.91 Å². The number of carbonyl (C=O) groups is 3. The summed E-state index contributed by atoms with van der Waals surface area (Å²) in [4.78, 5) is 39.2. The lowest BCUT2D eigenvalue weighted by molar-refractivity contribution is -0.124. The number of amides is 3. The fourth-order valence-corrected chi connectivity index (χ4v) is 3.51. The van der Waals surface area contributed by atoms with Gasteiger partial charge in [-0.2, -0.15) is 0 Å². The van der Waals surface area contributed by atoms with Crippen LogP contribution in [0.4, 0.5) is 10.1 Å². The van der Waals surface area contributed by atoms with Crippen LogP contribution in [0.3, 0.4) is 0 Å². The van der Waals surface area contributed by atoms with E-state index in [-0.39, 0.29) is 37.3 Å². The SMILES string of the molecule is Cc1ccc(NC(=O)CNC(=O)CN(Cc2ccc(F)cc2)C(=O)c2cccs2)cc1. The fourth-order valence-electron chi connectivity index (χ4n) is 2.82. The zero-order valence-corrected chi connectivity index (χ0v) is 17.7. The summed E-state index contributed by atoms with van der Waals surface area (Å²) < 4.78 is 13.2. The number of rotatable bonds is 8. The number of benzene rings is 2. The van der Waals surface area contributed by atoms with Gasteiger partial charge in [-0.05, 0) is 48.2 Å². The van der Waals surface area contributed by atoms with Crippen LogP contribution >= 0.6 is 11.3 Å². The summed E-state index contributed by atoms with van der Waals surface area (Å²) in [7, 11) is 0. The molecule has 0 spiro atoms. The maximum absolute atomic E-state index is 13.2. The summed E-state index contributed by atoms with van der Waals surface area (Å²) in [5, 5.41) is 7.01. The maximum Gasteiger partial charge on any atom is 0.264 e. The minimum Gasteiger partial charge on any atom is -0.345 e. The number of nitrogens with zero attached hydrogens (tertiary/aromatic N) is 1. The van der Waals surface area contributed by atoms with Crippen LogP contribution in [-0.2, 0) is 16.1 Å². The molecule has 1 aromatic heterocycles. The lowest BCUT2D eigenvalue weighted by Gasteiger charge is -2.22. The van der Waals surface area contributed by atoms with Crippen LogP contribution in [0, 0.1) is 12.7 Å². The second-order valence-corrected chi connectivity index (χ2v) is 7.90. The van der Waals surface area contributed by atoms with Gasteiger partial charge in [-0.15, -0.1) is 11.3 Å². The number of hydrogen-bond acceptors (Lipinski definition) is 4. The molecule has 0 aliphatic rings. The van der Waals surface area contributed by atoms with Gasteiger partial charge < -0.3 is 15.5 Å². The second kappa shape index (κ2) is 10.5. The Morgan fingerprint density at radius 2 is 1.68 bits per heavy atom. The third-order valence-electron chi connectivity index (χ3n) is 4.42. The van der Waals surface area contributed by atoms with Crippen molar-refractivity contribution >= 4 is 34.7 Å². The van der Waals surface area contributed by atoms with E-state index in [1.54, 1.807) is 41.8 Å². The lowest BCUT2D eigenvalue weighted by Crippen LogP contribution is -2.42. The molecule has 0 radical (unpaired) electrons. The van der Waals surface area contributed by atoms with E-state index in [9.17, 15) is 18.8 Å². The van der Waals surface area contributed by atoms with Crippen molar-refractivity contribution in [1.82, 2.24) is 10.2 Å². The number of aryl methyl sites for hydroxylation is 1. The fraction of sp³-hybridized carbons (Fsp3) is 0.174. The molecule has 31 heavy (non-hydrogen) atoms. The van der Waals surface area contributed by atoms with Crippen molar-refractivity contribution in [2.45, 2.75) is 13.5 Å². The molecule has 3 rings (SSSR count). The van der Waals surface area contributed by atoms with Crippen LogP contribution < -0.4 is 10.6 Å². The molecule has 0 fully saturated rings. The van der Waals surface area contributed by atoms with Gasteiger partial charge in [0, 0.05) is 12.2 Å². The lowest BCUT2D eigenvalue weighted by atomic mass is 10.2. The Bertz CT molecular complexity index is 1030. The molecule has 3 aromatic rings. The first-order chi connectivity index (χ1) is 14.9. The second-order valence-electron chi connectivity index (χ2n) is 6.96. The largest absolute Gasteiger partial charge is 0.345 e. The predicted molar refractivity (Wildman–Crippen MR) is 118 cm³/mol. The van der Waals surface area contributed by atoms with Crippen molar-refractivity contribution in [2.24, 2.45) is 0 Å². The van der Waals surface area contributed by atoms with Crippen molar-refractivity contribution < 1.29 is 18.8 Å². The molecule has 2 N–H and O–H groups in total. The summed E-state index contributed by atoms with van der Waals surface area (Å²) in [6.45, 7) is 1.64. The van der Waals surface area contributed by atoms with Gasteiger partial charge >= 0.3 is 0 Å². The summed E-state index contributed by atoms with van der Waals surface area (Å²) in [6, 6.07) is 16.5. The van der Waals surface area contributed by atoms with Crippen LogP contribution in [0.2, 0.25) is 0 Å². The molecular formula is C23H22FN3O3S. The molecule has 0 unspecified atom stereocenters. The quantitative estimate of drug-likeness (QED) is 0.563. The highest BCUT2D eigenvalue weighted by atomic mass is 32.1. The Morgan fingerprint density at radius 1 is 0.968 bits per heavy atom. The van der Waals surface area contributed by atoms with Gasteiger partial charge in [-0.3, -0.25) is 14.4 Å². The third kappa shape index (κ3) is 6.75. The molecule has 2 aromatic carbocycles. The van der Waals surface area contributed by atoms with Crippen LogP contribution in [-0.4, -0.2) is 35.7 Å². The van der Waals surface area contributed by atoms with Gasteiger partial charge in [-0.1, -0.05) is 35.9 Å². The average molecular weight is 440 g/mol. The standard InChI is InChI=1S/C23H22FN3O3S/c1-16-4-10-19(11-5-16)26-21(28)13-25-22(29)15-27(23(30)20-3-2-12-31-20)14-17-6-8-18(24)9-7-17/h2-12H,13-15H2,1H3,(H,25,29)(H,26,28). The monoisotopic (exact) mass is 439 g/mol. The van der Waals surface area contributed by atoms with Crippen molar-refractivity contribution in [3.63, 3.8) is 0 Å². The number of thiophene rings is 1. The summed E-state index contributed by atoms with van der Waals surface area (Å²) in [5.41, 5.74) is 2.40. The summed E-state index contributed by atoms with van der Waals surface area (Å²) in [6.07, 6.45) is 0. The van der Waals surface area contributed by atoms with E-state index >= 15 is 0 Å². The molecule has 8 heteroatoms. The molecule has 1 heterocycles. The van der Waals surface area contributed by atoms with E-state index in [0.717, 1.165) is 5.56 Å². The number of hydrogen-bond donors (Lipinski definition) is 2. The highest BCUT2D eigenvalue weighted by molar-refractivity contribution is 7.12. The molecule has 0 saturated carbocycles. The van der Waals surface area contributed by atoms with Crippen molar-refractivity contribution in [3.8, 4) is 0 Å². The molecule has 0 bridgehead atoms. The van der Waals surface area contributed by atoms with Crippen molar-refractivity contribution in [1.29, 1.82) is 0 Å². The zero-order chi connectivity index (χ0) is 22.2. The van der Waals surface area contributed by atoms with Crippen LogP contribution in [0.1, 0.15) is 20.8 Å². The van der Waals surface area contributed by atoms with E-state index < -0.39 is 5.91 Å². The van der Waals surface area contributed by atoms with E-state index in [1.165, 1.54) is 28.4 Å². The van der Waals surface area contributed by atoms with Gasteiger partial charge in [0.1, 0.15) is 12.4 Å². The van der Waals surface area contributed by atoms with Gasteiger partial charge in [-0.25, -0.2) is 4.39 Å². The van der Waals surface area contributed by atoms with Gasteiger partial charge in [0.05, 0.1) is 11.4 Å². The van der Waals surface area contributed by atoms with Crippen LogP contribution in [0.5, 0.6) is 0 Å². The van der Waals surface area contributed by atoms with Crippen LogP contribution in [0.15, 0.2) is 66.0 Å². The van der Waals surface area contributed by atoms with Crippen molar-refractivity contribution in [3.05, 3.63) is 87.9 Å². The number of anilines is 1. The zero-order valence-electron chi connectivity index (χ0n) is 16.9. The van der Waals surface area contributed by atoms with Crippen molar-refractivity contribution in [2.75, 3.05) is 18.4 Å². The highest BCUT2D eigenvalue weighted by Gasteiger charge is 2.20. The first-order valence-electron chi connectivity index (χ1n) is 9.61. The maximum atomic E-state index is 13.2. The Kier molecular flexibility index (Phi) is 7.50. The third-order valence-corrected chi connectivity index (χ3v) is 5.28. The molecule has 3 amide bonds. The minimum absolute atomic E-state index is 0.139. The first-order valence-corrected chi connectivity index (χ1v) is 10.5. The molecule has 0 atom stereocenters. The van der Waals surface area contributed by atoms with E-state index in [0.29, 0.717) is 16.1 Å².